The highest BCUT2D eigenvalue weighted by atomic mass is 32.1. The Kier molecular flexibility index (Phi) is 8.64. The van der Waals surface area contributed by atoms with Crippen LogP contribution in [0.4, 0.5) is 0 Å². The van der Waals surface area contributed by atoms with Crippen molar-refractivity contribution < 1.29 is 0 Å². The molecule has 3 aromatic heterocycles. The number of pyridine rings is 1. The van der Waals surface area contributed by atoms with Crippen LogP contribution in [-0.4, -0.2) is 19.9 Å². The van der Waals surface area contributed by atoms with Gasteiger partial charge < -0.3 is 0 Å². The van der Waals surface area contributed by atoms with Gasteiger partial charge in [0.1, 0.15) is 0 Å². The van der Waals surface area contributed by atoms with E-state index >= 15 is 0 Å². The molecule has 0 fully saturated rings. The standard InChI is InChI=1S/C54H34N4S/c1-4-15-35(16-5-1)36-29-31-39(32-30-36)53-56-52(38-19-8-3-9-20-38)57-54(58-53)43-24-13-22-41(34-43)40-21-12-23-42(33-40)44-26-14-27-46-48(44)49-45-25-10-11-28-47(45)59-51(49)50(55-46)37-17-6-2-7-18-37/h1-34H. The molecule has 8 aromatic carbocycles. The van der Waals surface area contributed by atoms with E-state index in [0.29, 0.717) is 17.5 Å². The number of hydrogen-bond donors (Lipinski definition) is 0. The van der Waals surface area contributed by atoms with E-state index in [0.717, 1.165) is 61.3 Å². The minimum absolute atomic E-state index is 0.625. The molecule has 0 aliphatic heterocycles. The monoisotopic (exact) mass is 770 g/mol. The van der Waals surface area contributed by atoms with Crippen LogP contribution in [-0.2, 0) is 0 Å². The van der Waals surface area contributed by atoms with Crippen LogP contribution in [0.25, 0.3) is 110 Å². The molecule has 3 heterocycles. The van der Waals surface area contributed by atoms with Gasteiger partial charge >= 0.3 is 0 Å². The predicted molar refractivity (Wildman–Crippen MR) is 246 cm³/mol. The highest BCUT2D eigenvalue weighted by Gasteiger charge is 2.19. The molecule has 0 aliphatic carbocycles. The second-order valence-electron chi connectivity index (χ2n) is 14.6. The van der Waals surface area contributed by atoms with E-state index in [1.165, 1.54) is 31.1 Å². The van der Waals surface area contributed by atoms with Gasteiger partial charge in [-0.3, -0.25) is 0 Å². The van der Waals surface area contributed by atoms with Gasteiger partial charge in [-0.2, -0.15) is 0 Å². The number of aromatic nitrogens is 4. The fourth-order valence-electron chi connectivity index (χ4n) is 8.06. The minimum Gasteiger partial charge on any atom is -0.246 e. The third-order valence-electron chi connectivity index (χ3n) is 10.9. The van der Waals surface area contributed by atoms with E-state index in [1.54, 1.807) is 0 Å². The van der Waals surface area contributed by atoms with Crippen molar-refractivity contribution in [2.75, 3.05) is 0 Å². The van der Waals surface area contributed by atoms with Crippen LogP contribution in [0.15, 0.2) is 206 Å². The molecule has 0 atom stereocenters. The molecule has 11 rings (SSSR count). The maximum absolute atomic E-state index is 5.35. The first-order valence-electron chi connectivity index (χ1n) is 19.7. The Hall–Kier alpha value is -7.60. The minimum atomic E-state index is 0.625. The van der Waals surface area contributed by atoms with E-state index in [4.69, 9.17) is 19.9 Å². The normalized spacial score (nSPS) is 11.4. The third-order valence-corrected chi connectivity index (χ3v) is 12.1. The van der Waals surface area contributed by atoms with Crippen molar-refractivity contribution in [2.45, 2.75) is 0 Å². The quantitative estimate of drug-likeness (QED) is 0.162. The molecule has 59 heavy (non-hydrogen) atoms. The molecule has 276 valence electrons. The van der Waals surface area contributed by atoms with Gasteiger partial charge in [-0.25, -0.2) is 19.9 Å². The molecule has 0 radical (unpaired) electrons. The smallest absolute Gasteiger partial charge is 0.164 e. The largest absolute Gasteiger partial charge is 0.246 e. The topological polar surface area (TPSA) is 51.6 Å². The lowest BCUT2D eigenvalue weighted by atomic mass is 9.93. The number of nitrogens with zero attached hydrogens (tertiary/aromatic N) is 4. The Morgan fingerprint density at radius 2 is 0.780 bits per heavy atom. The van der Waals surface area contributed by atoms with Gasteiger partial charge in [0.15, 0.2) is 17.5 Å². The van der Waals surface area contributed by atoms with Gasteiger partial charge in [0.05, 0.1) is 15.9 Å². The van der Waals surface area contributed by atoms with Gasteiger partial charge in [-0.1, -0.05) is 182 Å². The van der Waals surface area contributed by atoms with Crippen LogP contribution in [0.5, 0.6) is 0 Å². The molecule has 0 spiro atoms. The summed E-state index contributed by atoms with van der Waals surface area (Å²) in [5, 5.41) is 3.69. The van der Waals surface area contributed by atoms with Crippen molar-refractivity contribution in [1.29, 1.82) is 0 Å². The van der Waals surface area contributed by atoms with Gasteiger partial charge in [0.2, 0.25) is 0 Å². The summed E-state index contributed by atoms with van der Waals surface area (Å²) in [4.78, 5) is 20.5. The Morgan fingerprint density at radius 1 is 0.305 bits per heavy atom. The van der Waals surface area contributed by atoms with Crippen LogP contribution in [0.1, 0.15) is 0 Å². The summed E-state index contributed by atoms with van der Waals surface area (Å²) < 4.78 is 2.47. The molecular weight excluding hydrogens is 737 g/mol. The second kappa shape index (κ2) is 14.7. The fraction of sp³-hybridized carbons (Fsp3) is 0. The average molecular weight is 771 g/mol. The molecule has 0 amide bonds. The summed E-state index contributed by atoms with van der Waals surface area (Å²) in [6.45, 7) is 0. The SMILES string of the molecule is c1ccc(-c2ccc(-c3nc(-c4ccccc4)nc(-c4cccc(-c5cccc(-c6cccc7nc(-c8ccccc8)c8sc9ccccc9c8c67)c5)c4)n3)cc2)cc1. The number of benzene rings is 8. The highest BCUT2D eigenvalue weighted by Crippen LogP contribution is 2.45. The van der Waals surface area contributed by atoms with E-state index in [2.05, 4.69) is 170 Å². The lowest BCUT2D eigenvalue weighted by molar-refractivity contribution is 1.07. The Morgan fingerprint density at radius 3 is 1.47 bits per heavy atom. The lowest BCUT2D eigenvalue weighted by Gasteiger charge is -2.13. The molecule has 0 saturated carbocycles. The van der Waals surface area contributed by atoms with E-state index in [1.807, 2.05) is 47.7 Å². The summed E-state index contributed by atoms with van der Waals surface area (Å²) in [5.41, 5.74) is 12.7. The Balaban J connectivity index is 1.02. The van der Waals surface area contributed by atoms with Crippen LogP contribution in [0.2, 0.25) is 0 Å². The first-order valence-corrected chi connectivity index (χ1v) is 20.5. The number of thiophene rings is 1. The lowest BCUT2D eigenvalue weighted by Crippen LogP contribution is -2.00. The molecule has 0 N–H and O–H groups in total. The fourth-order valence-corrected chi connectivity index (χ4v) is 9.28. The second-order valence-corrected chi connectivity index (χ2v) is 15.7. The zero-order valence-electron chi connectivity index (χ0n) is 31.8. The van der Waals surface area contributed by atoms with E-state index < -0.39 is 0 Å². The summed E-state index contributed by atoms with van der Waals surface area (Å²) in [7, 11) is 0. The van der Waals surface area contributed by atoms with Crippen LogP contribution >= 0.6 is 11.3 Å². The van der Waals surface area contributed by atoms with Crippen LogP contribution in [0.3, 0.4) is 0 Å². The summed E-state index contributed by atoms with van der Waals surface area (Å²) in [6, 6.07) is 72.1. The maximum atomic E-state index is 5.35. The summed E-state index contributed by atoms with van der Waals surface area (Å²) in [5.74, 6) is 1.89. The first-order chi connectivity index (χ1) is 29.2. The molecule has 4 nitrogen and oxygen atoms in total. The first kappa shape index (κ1) is 34.6. The van der Waals surface area contributed by atoms with Crippen molar-refractivity contribution in [3.8, 4) is 78.8 Å². The molecule has 11 aromatic rings. The number of rotatable bonds is 7. The van der Waals surface area contributed by atoms with Crippen molar-refractivity contribution in [1.82, 2.24) is 19.9 Å². The summed E-state index contributed by atoms with van der Waals surface area (Å²) >= 11 is 1.82. The zero-order chi connectivity index (χ0) is 39.1. The van der Waals surface area contributed by atoms with Crippen molar-refractivity contribution >= 4 is 42.4 Å². The van der Waals surface area contributed by atoms with E-state index in [9.17, 15) is 0 Å². The maximum Gasteiger partial charge on any atom is 0.164 e. The third kappa shape index (κ3) is 6.44. The average Bonchev–Trinajstić information content (AvgIpc) is 3.72. The molecule has 0 saturated heterocycles. The van der Waals surface area contributed by atoms with Crippen LogP contribution in [0, 0.1) is 0 Å². The summed E-state index contributed by atoms with van der Waals surface area (Å²) in [6.07, 6.45) is 0. The zero-order valence-corrected chi connectivity index (χ0v) is 32.6. The molecular formula is C54H34N4S. The number of hydrogen-bond acceptors (Lipinski definition) is 5. The van der Waals surface area contributed by atoms with Gasteiger partial charge in [0, 0.05) is 43.1 Å². The molecule has 0 unspecified atom stereocenters. The van der Waals surface area contributed by atoms with Gasteiger partial charge in [0.25, 0.3) is 0 Å². The number of fused-ring (bicyclic) bond motifs is 5. The Labute approximate surface area is 345 Å². The predicted octanol–water partition coefficient (Wildman–Crippen LogP) is 14.5. The van der Waals surface area contributed by atoms with E-state index in [-0.39, 0.29) is 0 Å². The molecule has 0 bridgehead atoms. The highest BCUT2D eigenvalue weighted by molar-refractivity contribution is 7.26. The molecule has 0 aliphatic rings. The van der Waals surface area contributed by atoms with Crippen molar-refractivity contribution in [2.24, 2.45) is 0 Å². The van der Waals surface area contributed by atoms with Gasteiger partial charge in [-0.15, -0.1) is 11.3 Å². The van der Waals surface area contributed by atoms with Crippen LogP contribution < -0.4 is 0 Å². The van der Waals surface area contributed by atoms with Crippen molar-refractivity contribution in [3.63, 3.8) is 0 Å². The Bertz CT molecular complexity index is 3310. The molecule has 5 heteroatoms. The van der Waals surface area contributed by atoms with Gasteiger partial charge in [-0.05, 0) is 57.6 Å². The van der Waals surface area contributed by atoms with Crippen molar-refractivity contribution in [3.05, 3.63) is 206 Å².